The Morgan fingerprint density at radius 1 is 0.543 bits per heavy atom. The van der Waals surface area contributed by atoms with Crippen LogP contribution in [0.5, 0.6) is 0 Å². The van der Waals surface area contributed by atoms with Gasteiger partial charge in [0, 0.05) is 0 Å². The maximum absolute atomic E-state index is 12.8. The van der Waals surface area contributed by atoms with Crippen LogP contribution in [-0.2, 0) is 15.7 Å². The average molecular weight is 604 g/mol. The summed E-state index contributed by atoms with van der Waals surface area (Å²) in [5.41, 5.74) is 0.343. The van der Waals surface area contributed by atoms with Crippen LogP contribution in [0.25, 0.3) is 0 Å². The molecule has 0 rings (SSSR count). The van der Waals surface area contributed by atoms with Crippen molar-refractivity contribution in [2.75, 3.05) is 0 Å². The first-order valence-corrected chi connectivity index (χ1v) is 21.5. The van der Waals surface area contributed by atoms with Gasteiger partial charge in [0.15, 0.2) is 0 Å². The third kappa shape index (κ3) is 21.5. The zero-order chi connectivity index (χ0) is 26.4. The summed E-state index contributed by atoms with van der Waals surface area (Å²) in [7, 11) is 0. The van der Waals surface area contributed by atoms with Gasteiger partial charge in [-0.1, -0.05) is 6.92 Å². The van der Waals surface area contributed by atoms with Gasteiger partial charge in [0.05, 0.1) is 0 Å². The van der Waals surface area contributed by atoms with E-state index in [1.807, 2.05) is 0 Å². The van der Waals surface area contributed by atoms with Crippen molar-refractivity contribution in [2.24, 2.45) is 5.41 Å². The second-order valence-corrected chi connectivity index (χ2v) is 21.0. The third-order valence-electron chi connectivity index (χ3n) is 6.71. The molecule has 0 aromatic rings. The molecular formula is C30H60O4Sn. The Balaban J connectivity index is 4.63. The summed E-state index contributed by atoms with van der Waals surface area (Å²) in [5, 5.41) is 0. The zero-order valence-corrected chi connectivity index (χ0v) is 27.3. The van der Waals surface area contributed by atoms with E-state index in [4.69, 9.17) is 6.15 Å². The van der Waals surface area contributed by atoms with Crippen molar-refractivity contribution in [3.05, 3.63) is 0 Å². The monoisotopic (exact) mass is 604 g/mol. The zero-order valence-electron chi connectivity index (χ0n) is 24.5. The van der Waals surface area contributed by atoms with Crippen molar-refractivity contribution < 1.29 is 15.7 Å². The van der Waals surface area contributed by atoms with Crippen LogP contribution in [0.4, 0.5) is 0 Å². The Morgan fingerprint density at radius 3 is 1.31 bits per heavy atom. The van der Waals surface area contributed by atoms with Gasteiger partial charge in [-0.05, 0) is 0 Å². The van der Waals surface area contributed by atoms with Crippen LogP contribution in [0.15, 0.2) is 0 Å². The van der Waals surface area contributed by atoms with E-state index in [1.54, 1.807) is 0 Å². The van der Waals surface area contributed by atoms with E-state index in [0.717, 1.165) is 66.7 Å². The van der Waals surface area contributed by atoms with Crippen LogP contribution in [0.2, 0.25) is 8.87 Å². The van der Waals surface area contributed by atoms with E-state index in [2.05, 4.69) is 41.5 Å². The van der Waals surface area contributed by atoms with Crippen LogP contribution in [-0.4, -0.2) is 31.1 Å². The summed E-state index contributed by atoms with van der Waals surface area (Å²) in [6, 6.07) is 0. The summed E-state index contributed by atoms with van der Waals surface area (Å²) in [4.78, 5) is 25.6. The molecular weight excluding hydrogens is 543 g/mol. The Bertz CT molecular complexity index is 519. The second-order valence-electron chi connectivity index (χ2n) is 11.8. The molecule has 0 radical (unpaired) electrons. The van der Waals surface area contributed by atoms with E-state index >= 15 is 0 Å². The van der Waals surface area contributed by atoms with Crippen molar-refractivity contribution >= 4 is 31.1 Å². The summed E-state index contributed by atoms with van der Waals surface area (Å²) >= 11 is -3.76. The third-order valence-corrected chi connectivity index (χ3v) is 16.5. The number of hydrogen-bond acceptors (Lipinski definition) is 4. The number of carbonyl (C=O) groups is 2. The maximum atomic E-state index is 12.8. The minimum atomic E-state index is -3.76. The van der Waals surface area contributed by atoms with Gasteiger partial charge in [0.1, 0.15) is 0 Å². The van der Waals surface area contributed by atoms with E-state index in [9.17, 15) is 9.59 Å². The fraction of sp³-hybridized carbons (Fsp3) is 0.933. The first kappa shape index (κ1) is 34.7. The van der Waals surface area contributed by atoms with Crippen LogP contribution in [0.1, 0.15) is 164 Å². The molecule has 0 aromatic carbocycles. The van der Waals surface area contributed by atoms with E-state index in [-0.39, 0.29) is 11.9 Å². The molecule has 0 bridgehead atoms. The molecule has 0 atom stereocenters. The van der Waals surface area contributed by atoms with Gasteiger partial charge in [-0.3, -0.25) is 0 Å². The fourth-order valence-electron chi connectivity index (χ4n) is 4.44. The Kier molecular flexibility index (Phi) is 21.6. The van der Waals surface area contributed by atoms with E-state index < -0.39 is 19.2 Å². The predicted octanol–water partition coefficient (Wildman–Crippen LogP) is 10.0. The first-order valence-electron chi connectivity index (χ1n) is 15.1. The molecule has 0 aliphatic rings. The van der Waals surface area contributed by atoms with Gasteiger partial charge in [0.25, 0.3) is 0 Å². The Hall–Kier alpha value is -0.261. The minimum absolute atomic E-state index is 0.117. The van der Waals surface area contributed by atoms with Crippen LogP contribution >= 0.6 is 0 Å². The SMILES string of the molecule is CCCCCCCCCCCC(=O)[O][Sn]([CH2]CCC)([CH2]CCC)[O]C(=O)CCCCCC(C)(C)C. The van der Waals surface area contributed by atoms with Crippen LogP contribution < -0.4 is 0 Å². The van der Waals surface area contributed by atoms with Crippen molar-refractivity contribution in [3.8, 4) is 0 Å². The summed E-state index contributed by atoms with van der Waals surface area (Å²) in [6.07, 6.45) is 20.2. The molecule has 0 saturated carbocycles. The summed E-state index contributed by atoms with van der Waals surface area (Å²) in [5.74, 6) is -0.242. The predicted molar refractivity (Wildman–Crippen MR) is 152 cm³/mol. The van der Waals surface area contributed by atoms with E-state index in [1.165, 1.54) is 51.4 Å². The molecule has 0 heterocycles. The molecule has 5 heteroatoms. The van der Waals surface area contributed by atoms with Gasteiger partial charge in [-0.2, -0.15) is 0 Å². The number of hydrogen-bond donors (Lipinski definition) is 0. The fourth-order valence-corrected chi connectivity index (χ4v) is 14.5. The Labute approximate surface area is 224 Å². The molecule has 4 nitrogen and oxygen atoms in total. The molecule has 0 N–H and O–H groups in total. The summed E-state index contributed by atoms with van der Waals surface area (Å²) < 4.78 is 14.0. The van der Waals surface area contributed by atoms with Gasteiger partial charge >= 0.3 is 218 Å². The number of carbonyl (C=O) groups excluding carboxylic acids is 2. The van der Waals surface area contributed by atoms with Gasteiger partial charge < -0.3 is 0 Å². The van der Waals surface area contributed by atoms with Crippen molar-refractivity contribution in [1.82, 2.24) is 0 Å². The number of rotatable bonds is 23. The van der Waals surface area contributed by atoms with Crippen molar-refractivity contribution in [2.45, 2.75) is 172 Å². The molecule has 35 heavy (non-hydrogen) atoms. The van der Waals surface area contributed by atoms with Crippen LogP contribution in [0, 0.1) is 5.41 Å². The average Bonchev–Trinajstić information content (AvgIpc) is 2.79. The van der Waals surface area contributed by atoms with Crippen molar-refractivity contribution in [1.29, 1.82) is 0 Å². The molecule has 0 aromatic heterocycles. The standard InChI is InChI=1S/C12H24O2.C10H20O2.2C4H9.Sn/c1-2-3-4-5-6-7-8-9-10-11-12(13)14;1-10(2,3)8-6-4-5-7-9(11)12;2*1-3-4-2;/h2-11H2,1H3,(H,13,14);4-8H2,1-3H3,(H,11,12);2*1,3-4H2,2H3;/q;;;;+2/p-2. The van der Waals surface area contributed by atoms with Crippen molar-refractivity contribution in [3.63, 3.8) is 0 Å². The quantitative estimate of drug-likeness (QED) is 0.0862. The number of unbranched alkanes of at least 4 members (excludes halogenated alkanes) is 12. The molecule has 0 spiro atoms. The van der Waals surface area contributed by atoms with Gasteiger partial charge in [0.2, 0.25) is 0 Å². The van der Waals surface area contributed by atoms with Gasteiger partial charge in [-0.25, -0.2) is 0 Å². The Morgan fingerprint density at radius 2 is 0.914 bits per heavy atom. The van der Waals surface area contributed by atoms with Crippen LogP contribution in [0.3, 0.4) is 0 Å². The summed E-state index contributed by atoms with van der Waals surface area (Å²) in [6.45, 7) is 13.3. The normalized spacial score (nSPS) is 12.1. The molecule has 0 amide bonds. The molecule has 0 unspecified atom stereocenters. The van der Waals surface area contributed by atoms with E-state index in [0.29, 0.717) is 18.3 Å². The second kappa shape index (κ2) is 21.8. The molecule has 0 aliphatic carbocycles. The molecule has 0 fully saturated rings. The molecule has 0 saturated heterocycles. The topological polar surface area (TPSA) is 52.6 Å². The molecule has 208 valence electrons. The van der Waals surface area contributed by atoms with Gasteiger partial charge in [-0.15, -0.1) is 0 Å². The first-order chi connectivity index (χ1) is 16.7. The molecule has 0 aliphatic heterocycles.